The van der Waals surface area contributed by atoms with E-state index in [1.165, 1.54) is 5.57 Å². The molecule has 1 atom stereocenters. The molecule has 0 N–H and O–H groups in total. The fourth-order valence-electron chi connectivity index (χ4n) is 7.95. The number of hydrogen-bond acceptors (Lipinski definition) is 3. The van der Waals surface area contributed by atoms with Crippen LogP contribution in [0.1, 0.15) is 28.7 Å². The number of ether oxygens (including phenoxy) is 2. The van der Waals surface area contributed by atoms with Crippen LogP contribution in [0.15, 0.2) is 206 Å². The van der Waals surface area contributed by atoms with E-state index < -0.39 is 5.41 Å². The summed E-state index contributed by atoms with van der Waals surface area (Å²) in [7, 11) is 0. The lowest BCUT2D eigenvalue weighted by atomic mass is 9.61. The van der Waals surface area contributed by atoms with E-state index in [1.54, 1.807) is 6.26 Å². The Morgan fingerprint density at radius 3 is 2.27 bits per heavy atom. The van der Waals surface area contributed by atoms with Gasteiger partial charge in [0.05, 0.1) is 17.4 Å². The summed E-state index contributed by atoms with van der Waals surface area (Å²) in [6.07, 6.45) is 19.0. The van der Waals surface area contributed by atoms with Crippen molar-refractivity contribution in [2.75, 3.05) is 4.90 Å². The summed E-state index contributed by atoms with van der Waals surface area (Å²) in [6.45, 7) is 9.25. The Bertz CT molecular complexity index is 2420. The zero-order valence-electron chi connectivity index (χ0n) is 28.1. The van der Waals surface area contributed by atoms with Gasteiger partial charge in [0.1, 0.15) is 17.3 Å². The van der Waals surface area contributed by atoms with Crippen molar-refractivity contribution >= 4 is 22.5 Å². The first-order chi connectivity index (χ1) is 25.1. The molecule has 4 aliphatic rings. The molecular weight excluding hydrogens is 623 g/mol. The molecular formula is C48H35NO2. The molecule has 0 fully saturated rings. The van der Waals surface area contributed by atoms with Crippen LogP contribution in [-0.4, -0.2) is 0 Å². The molecule has 3 nitrogen and oxygen atoms in total. The summed E-state index contributed by atoms with van der Waals surface area (Å²) in [5.41, 5.74) is 12.1. The van der Waals surface area contributed by atoms with Gasteiger partial charge in [0.2, 0.25) is 0 Å². The van der Waals surface area contributed by atoms with Crippen molar-refractivity contribution < 1.29 is 9.47 Å². The van der Waals surface area contributed by atoms with E-state index in [4.69, 9.17) is 16.1 Å². The normalized spacial score (nSPS) is 21.2. The van der Waals surface area contributed by atoms with Crippen molar-refractivity contribution in [2.45, 2.75) is 11.8 Å². The summed E-state index contributed by atoms with van der Waals surface area (Å²) in [4.78, 5) is 2.24. The summed E-state index contributed by atoms with van der Waals surface area (Å²) < 4.78 is 13.3. The topological polar surface area (TPSA) is 21.7 Å². The highest BCUT2D eigenvalue weighted by atomic mass is 16.5. The number of fused-ring (bicyclic) bond motifs is 6. The highest BCUT2D eigenvalue weighted by Crippen LogP contribution is 2.61. The van der Waals surface area contributed by atoms with Crippen molar-refractivity contribution in [2.24, 2.45) is 0 Å². The molecule has 3 aliphatic heterocycles. The molecule has 5 aromatic rings. The SMILES string of the molecule is C=C1/C=C\C=C/N(c2ccccc2)c2cc(C3=CC4=C(C3)C3(C(=C)/C=C\C=C/Oc5ccccc53)c3c(cccc3-c3ccccc3)O4)ccc21. The standard InChI is InChI=1S/C48H35NO2/c1-33-16-11-13-28-49(38-20-7-4-8-21-38)43-31-36(26-27-39(33)43)37-30-42-46(32-37)51-45-25-15-22-40(35-18-5-3-6-19-35)47(45)48(42)34(2)17-12-14-29-50-44-24-10-9-23-41(44)48/h3-29,31-32H,1-2,30H2/b16-11-,17-12-,28-13-,29-14-. The highest BCUT2D eigenvalue weighted by molar-refractivity contribution is 5.90. The van der Waals surface area contributed by atoms with Crippen molar-refractivity contribution in [1.82, 2.24) is 0 Å². The average molecular weight is 658 g/mol. The molecule has 1 spiro atoms. The van der Waals surface area contributed by atoms with Gasteiger partial charge in [-0.3, -0.25) is 0 Å². The van der Waals surface area contributed by atoms with Gasteiger partial charge in [-0.25, -0.2) is 0 Å². The van der Waals surface area contributed by atoms with E-state index in [9.17, 15) is 0 Å². The minimum absolute atomic E-state index is 0.660. The Hall–Kier alpha value is -6.58. The molecule has 0 bridgehead atoms. The third-order valence-electron chi connectivity index (χ3n) is 10.2. The second-order valence-corrected chi connectivity index (χ2v) is 13.1. The third-order valence-corrected chi connectivity index (χ3v) is 10.2. The van der Waals surface area contributed by atoms with Gasteiger partial charge in [-0.15, -0.1) is 0 Å². The predicted molar refractivity (Wildman–Crippen MR) is 210 cm³/mol. The lowest BCUT2D eigenvalue weighted by molar-refractivity contribution is 0.395. The molecule has 1 aliphatic carbocycles. The largest absolute Gasteiger partial charge is 0.465 e. The number of anilines is 2. The van der Waals surface area contributed by atoms with Crippen LogP contribution < -0.4 is 14.4 Å². The van der Waals surface area contributed by atoms with Crippen LogP contribution in [0.25, 0.3) is 22.3 Å². The fraction of sp³-hybridized carbons (Fsp3) is 0.0417. The Kier molecular flexibility index (Phi) is 7.40. The smallest absolute Gasteiger partial charge is 0.132 e. The van der Waals surface area contributed by atoms with E-state index in [2.05, 4.69) is 145 Å². The van der Waals surface area contributed by atoms with E-state index in [-0.39, 0.29) is 0 Å². The van der Waals surface area contributed by atoms with Gasteiger partial charge < -0.3 is 14.4 Å². The molecule has 0 aromatic heterocycles. The van der Waals surface area contributed by atoms with Crippen molar-refractivity contribution in [1.29, 1.82) is 0 Å². The first-order valence-electron chi connectivity index (χ1n) is 17.3. The number of para-hydroxylation sites is 2. The third kappa shape index (κ3) is 4.97. The van der Waals surface area contributed by atoms with Gasteiger partial charge in [-0.05, 0) is 94.0 Å². The van der Waals surface area contributed by atoms with Gasteiger partial charge >= 0.3 is 0 Å². The molecule has 5 aromatic carbocycles. The zero-order chi connectivity index (χ0) is 34.4. The van der Waals surface area contributed by atoms with E-state index in [0.29, 0.717) is 6.42 Å². The van der Waals surface area contributed by atoms with Gasteiger partial charge in [0.25, 0.3) is 0 Å². The number of nitrogens with zero attached hydrogens (tertiary/aromatic N) is 1. The molecule has 9 rings (SSSR count). The maximum absolute atomic E-state index is 6.96. The van der Waals surface area contributed by atoms with Crippen LogP contribution in [0.2, 0.25) is 0 Å². The molecule has 0 saturated carbocycles. The Labute approximate surface area is 299 Å². The fourth-order valence-corrected chi connectivity index (χ4v) is 7.95. The second-order valence-electron chi connectivity index (χ2n) is 13.1. The van der Waals surface area contributed by atoms with Crippen LogP contribution >= 0.6 is 0 Å². The summed E-state index contributed by atoms with van der Waals surface area (Å²) in [6, 6.07) is 42.4. The predicted octanol–water partition coefficient (Wildman–Crippen LogP) is 12.0. The molecule has 0 radical (unpaired) electrons. The summed E-state index contributed by atoms with van der Waals surface area (Å²) in [5, 5.41) is 0. The van der Waals surface area contributed by atoms with E-state index >= 15 is 0 Å². The van der Waals surface area contributed by atoms with Crippen molar-refractivity contribution in [3.8, 4) is 22.6 Å². The van der Waals surface area contributed by atoms with Gasteiger partial charge in [0.15, 0.2) is 0 Å². The van der Waals surface area contributed by atoms with E-state index in [1.807, 2.05) is 36.4 Å². The number of rotatable bonds is 3. The van der Waals surface area contributed by atoms with Crippen LogP contribution in [0, 0.1) is 0 Å². The first-order valence-corrected chi connectivity index (χ1v) is 17.3. The average Bonchev–Trinajstić information content (AvgIpc) is 3.62. The lowest BCUT2D eigenvalue weighted by Gasteiger charge is -2.43. The minimum Gasteiger partial charge on any atom is -0.465 e. The maximum atomic E-state index is 6.96. The van der Waals surface area contributed by atoms with Gasteiger partial charge in [-0.1, -0.05) is 128 Å². The van der Waals surface area contributed by atoms with E-state index in [0.717, 1.165) is 78.7 Å². The monoisotopic (exact) mass is 657 g/mol. The van der Waals surface area contributed by atoms with Gasteiger partial charge in [-0.2, -0.15) is 0 Å². The Morgan fingerprint density at radius 1 is 0.647 bits per heavy atom. The van der Waals surface area contributed by atoms with Crippen LogP contribution in [-0.2, 0) is 5.41 Å². The van der Waals surface area contributed by atoms with Gasteiger partial charge in [0, 0.05) is 28.6 Å². The molecule has 0 saturated heterocycles. The Morgan fingerprint density at radius 2 is 1.41 bits per heavy atom. The molecule has 3 heterocycles. The number of benzene rings is 5. The van der Waals surface area contributed by atoms with Crippen LogP contribution in [0.3, 0.4) is 0 Å². The minimum atomic E-state index is -0.784. The van der Waals surface area contributed by atoms with Crippen molar-refractivity contribution in [3.05, 3.63) is 229 Å². The quantitative estimate of drug-likeness (QED) is 0.193. The number of allylic oxidation sites excluding steroid dienone is 11. The van der Waals surface area contributed by atoms with Crippen molar-refractivity contribution in [3.63, 3.8) is 0 Å². The molecule has 51 heavy (non-hydrogen) atoms. The highest BCUT2D eigenvalue weighted by Gasteiger charge is 2.51. The first kappa shape index (κ1) is 30.5. The summed E-state index contributed by atoms with van der Waals surface area (Å²) in [5.74, 6) is 2.44. The second kappa shape index (κ2) is 12.4. The Balaban J connectivity index is 1.25. The maximum Gasteiger partial charge on any atom is 0.132 e. The molecule has 1 unspecified atom stereocenters. The molecule has 244 valence electrons. The number of hydrogen-bond donors (Lipinski definition) is 0. The van der Waals surface area contributed by atoms with Crippen LogP contribution in [0.4, 0.5) is 11.4 Å². The zero-order valence-corrected chi connectivity index (χ0v) is 28.1. The van der Waals surface area contributed by atoms with Crippen LogP contribution in [0.5, 0.6) is 11.5 Å². The lowest BCUT2D eigenvalue weighted by Crippen LogP contribution is -2.36. The summed E-state index contributed by atoms with van der Waals surface area (Å²) >= 11 is 0. The molecule has 3 heteroatoms. The molecule has 0 amide bonds.